The number of aromatic nitrogens is 2. The van der Waals surface area contributed by atoms with Gasteiger partial charge < -0.3 is 5.32 Å². The fraction of sp³-hybridized carbons (Fsp3) is 0.333. The predicted molar refractivity (Wildman–Crippen MR) is 114 cm³/mol. The molecule has 1 aliphatic rings. The van der Waals surface area contributed by atoms with E-state index in [1.165, 1.54) is 35.0 Å². The minimum absolute atomic E-state index is 0.0804. The molecule has 1 N–H and O–H groups in total. The molecule has 7 heteroatoms. The third-order valence-electron chi connectivity index (χ3n) is 4.83. The number of fused-ring (bicyclic) bond motifs is 3. The third kappa shape index (κ3) is 3.75. The van der Waals surface area contributed by atoms with Crippen molar-refractivity contribution in [3.05, 3.63) is 46.1 Å². The zero-order valence-electron chi connectivity index (χ0n) is 15.8. The number of thiophene rings is 1. The van der Waals surface area contributed by atoms with Gasteiger partial charge in [0.2, 0.25) is 5.91 Å². The van der Waals surface area contributed by atoms with Crippen LogP contribution in [-0.4, -0.2) is 21.1 Å². The Kier molecular flexibility index (Phi) is 5.33. The fourth-order valence-corrected chi connectivity index (χ4v) is 5.80. The molecule has 1 aromatic carbocycles. The summed E-state index contributed by atoms with van der Waals surface area (Å²) < 4.78 is 0. The van der Waals surface area contributed by atoms with Crippen molar-refractivity contribution in [1.82, 2.24) is 9.97 Å². The number of nitrogens with zero attached hydrogens (tertiary/aromatic N) is 3. The lowest BCUT2D eigenvalue weighted by molar-refractivity contribution is -0.115. The first kappa shape index (κ1) is 18.9. The Morgan fingerprint density at radius 3 is 2.75 bits per heavy atom. The van der Waals surface area contributed by atoms with Gasteiger partial charge in [-0.25, -0.2) is 9.97 Å². The highest BCUT2D eigenvalue weighted by atomic mass is 32.2. The monoisotopic (exact) mass is 408 g/mol. The van der Waals surface area contributed by atoms with E-state index in [4.69, 9.17) is 5.26 Å². The number of anilines is 1. The van der Waals surface area contributed by atoms with Crippen molar-refractivity contribution in [3.63, 3.8) is 0 Å². The molecule has 0 saturated carbocycles. The zero-order chi connectivity index (χ0) is 19.7. The molecule has 2 heterocycles. The molecule has 1 amide bonds. The van der Waals surface area contributed by atoms with Gasteiger partial charge in [0.25, 0.3) is 0 Å². The molecule has 142 valence electrons. The van der Waals surface area contributed by atoms with Crippen molar-refractivity contribution < 1.29 is 4.79 Å². The quantitative estimate of drug-likeness (QED) is 0.492. The lowest BCUT2D eigenvalue weighted by atomic mass is 9.97. The molecule has 3 aromatic rings. The Balaban J connectivity index is 1.57. The van der Waals surface area contributed by atoms with Crippen molar-refractivity contribution in [1.29, 1.82) is 5.26 Å². The highest BCUT2D eigenvalue weighted by Gasteiger charge is 2.23. The largest absolute Gasteiger partial charge is 0.325 e. The molecule has 0 spiro atoms. The molecule has 4 rings (SSSR count). The van der Waals surface area contributed by atoms with Gasteiger partial charge in [-0.3, -0.25) is 4.79 Å². The van der Waals surface area contributed by atoms with Gasteiger partial charge in [0.05, 0.1) is 16.9 Å². The normalized spacial score (nSPS) is 14.3. The van der Waals surface area contributed by atoms with Gasteiger partial charge in [0.1, 0.15) is 15.7 Å². The average molecular weight is 409 g/mol. The number of hydrogen-bond acceptors (Lipinski definition) is 6. The molecule has 2 aromatic heterocycles. The van der Waals surface area contributed by atoms with Crippen LogP contribution in [0.3, 0.4) is 0 Å². The van der Waals surface area contributed by atoms with Crippen LogP contribution >= 0.6 is 23.1 Å². The third-order valence-corrected chi connectivity index (χ3v) is 7.10. The summed E-state index contributed by atoms with van der Waals surface area (Å²) in [5.41, 5.74) is 2.64. The number of carbonyl (C=O) groups excluding carboxylic acids is 1. The zero-order valence-corrected chi connectivity index (χ0v) is 17.4. The molecular weight excluding hydrogens is 388 g/mol. The summed E-state index contributed by atoms with van der Waals surface area (Å²) in [6.07, 6.45) is 4.62. The molecule has 1 aliphatic carbocycles. The molecule has 5 nitrogen and oxygen atoms in total. The fourth-order valence-electron chi connectivity index (χ4n) is 3.40. The second-order valence-corrected chi connectivity index (χ2v) is 9.32. The van der Waals surface area contributed by atoms with Crippen LogP contribution in [0.1, 0.15) is 41.6 Å². The highest BCUT2D eigenvalue weighted by Crippen LogP contribution is 2.40. The van der Waals surface area contributed by atoms with Gasteiger partial charge in [0, 0.05) is 16.0 Å². The van der Waals surface area contributed by atoms with E-state index in [2.05, 4.69) is 21.4 Å². The molecule has 0 radical (unpaired) electrons. The Bertz CT molecular complexity index is 1080. The van der Waals surface area contributed by atoms with E-state index in [1.807, 2.05) is 13.8 Å². The Morgan fingerprint density at radius 1 is 1.25 bits per heavy atom. The molecule has 0 bridgehead atoms. The Morgan fingerprint density at radius 2 is 2.00 bits per heavy atom. The minimum atomic E-state index is -0.299. The second kappa shape index (κ2) is 7.90. The number of thioether (sulfide) groups is 1. The number of amides is 1. The van der Waals surface area contributed by atoms with Crippen molar-refractivity contribution in [2.45, 2.75) is 49.8 Å². The highest BCUT2D eigenvalue weighted by molar-refractivity contribution is 8.00. The topological polar surface area (TPSA) is 78.7 Å². The summed E-state index contributed by atoms with van der Waals surface area (Å²) in [5, 5.41) is 13.6. The molecule has 0 fully saturated rings. The van der Waals surface area contributed by atoms with Gasteiger partial charge in [-0.2, -0.15) is 5.26 Å². The maximum atomic E-state index is 12.7. The molecular formula is C21H20N4OS2. The number of carbonyl (C=O) groups is 1. The maximum absolute atomic E-state index is 12.7. The molecule has 1 atom stereocenters. The van der Waals surface area contributed by atoms with E-state index in [0.717, 1.165) is 33.9 Å². The van der Waals surface area contributed by atoms with E-state index in [1.54, 1.807) is 35.6 Å². The van der Waals surface area contributed by atoms with Crippen LogP contribution in [0, 0.1) is 18.3 Å². The first-order valence-electron chi connectivity index (χ1n) is 9.31. The number of rotatable bonds is 4. The van der Waals surface area contributed by atoms with Crippen LogP contribution in [-0.2, 0) is 17.6 Å². The van der Waals surface area contributed by atoms with Gasteiger partial charge in [-0.1, -0.05) is 11.8 Å². The first-order valence-corrected chi connectivity index (χ1v) is 11.0. The van der Waals surface area contributed by atoms with E-state index in [-0.39, 0.29) is 11.2 Å². The average Bonchev–Trinajstić information content (AvgIpc) is 3.06. The number of nitriles is 1. The maximum Gasteiger partial charge on any atom is 0.237 e. The van der Waals surface area contributed by atoms with Crippen LogP contribution in [0.15, 0.2) is 29.3 Å². The first-order chi connectivity index (χ1) is 13.5. The SMILES string of the molecule is Cc1nc(S[C@@H](C)C(=O)Nc2ccc(C#N)cc2)c2c3c(sc2n1)CCCC3. The Hall–Kier alpha value is -2.43. The van der Waals surface area contributed by atoms with E-state index < -0.39 is 0 Å². The van der Waals surface area contributed by atoms with Crippen molar-refractivity contribution in [2.24, 2.45) is 0 Å². The van der Waals surface area contributed by atoms with Crippen LogP contribution in [0.5, 0.6) is 0 Å². The summed E-state index contributed by atoms with van der Waals surface area (Å²) in [7, 11) is 0. The van der Waals surface area contributed by atoms with E-state index >= 15 is 0 Å². The van der Waals surface area contributed by atoms with Crippen molar-refractivity contribution >= 4 is 44.9 Å². The lowest BCUT2D eigenvalue weighted by Gasteiger charge is -2.14. The standard InChI is InChI=1S/C21H20N4OS2/c1-12(19(26)25-15-9-7-14(11-22)8-10-15)27-20-18-16-5-3-4-6-17(16)28-21(18)24-13(2)23-20/h7-10,12H,3-6H2,1-2H3,(H,25,26)/t12-/m0/s1. The van der Waals surface area contributed by atoms with Crippen LogP contribution in [0.2, 0.25) is 0 Å². The smallest absolute Gasteiger partial charge is 0.237 e. The molecule has 0 saturated heterocycles. The summed E-state index contributed by atoms with van der Waals surface area (Å²) in [4.78, 5) is 24.5. The van der Waals surface area contributed by atoms with Crippen molar-refractivity contribution in [2.75, 3.05) is 5.32 Å². The number of benzene rings is 1. The van der Waals surface area contributed by atoms with Gasteiger partial charge >= 0.3 is 0 Å². The van der Waals surface area contributed by atoms with Crippen LogP contribution < -0.4 is 5.32 Å². The van der Waals surface area contributed by atoms with Crippen molar-refractivity contribution in [3.8, 4) is 6.07 Å². The molecule has 28 heavy (non-hydrogen) atoms. The van der Waals surface area contributed by atoms with E-state index in [0.29, 0.717) is 11.3 Å². The number of nitrogens with one attached hydrogen (secondary N) is 1. The van der Waals surface area contributed by atoms with Gasteiger partial charge in [0.15, 0.2) is 0 Å². The summed E-state index contributed by atoms with van der Waals surface area (Å²) in [6, 6.07) is 8.96. The second-order valence-electron chi connectivity index (χ2n) is 6.91. The minimum Gasteiger partial charge on any atom is -0.325 e. The molecule has 0 aliphatic heterocycles. The van der Waals surface area contributed by atoms with Crippen LogP contribution in [0.25, 0.3) is 10.2 Å². The number of aryl methyl sites for hydroxylation is 3. The summed E-state index contributed by atoms with van der Waals surface area (Å²) in [5.74, 6) is 0.663. The van der Waals surface area contributed by atoms with Gasteiger partial charge in [-0.15, -0.1) is 11.3 Å². The van der Waals surface area contributed by atoms with Gasteiger partial charge in [-0.05, 0) is 69.4 Å². The predicted octanol–water partition coefficient (Wildman–Crippen LogP) is 4.87. The number of hydrogen-bond donors (Lipinski definition) is 1. The summed E-state index contributed by atoms with van der Waals surface area (Å²) >= 11 is 3.27. The van der Waals surface area contributed by atoms with Crippen LogP contribution in [0.4, 0.5) is 5.69 Å². The summed E-state index contributed by atoms with van der Waals surface area (Å²) in [6.45, 7) is 3.80. The Labute approximate surface area is 172 Å². The lowest BCUT2D eigenvalue weighted by Crippen LogP contribution is -2.22. The van der Waals surface area contributed by atoms with E-state index in [9.17, 15) is 4.79 Å². The molecule has 0 unspecified atom stereocenters.